The lowest BCUT2D eigenvalue weighted by atomic mass is 10.0. The van der Waals surface area contributed by atoms with Gasteiger partial charge in [-0.2, -0.15) is 4.31 Å². The zero-order valence-electron chi connectivity index (χ0n) is 14.8. The molecule has 2 aliphatic heterocycles. The fraction of sp³-hybridized carbons (Fsp3) is 0.611. The number of likely N-dealkylation sites (tertiary alicyclic amines) is 1. The number of nitrogens with one attached hydrogen (secondary N) is 2. The number of hydrogen-bond donors (Lipinski definition) is 2. The fourth-order valence-corrected chi connectivity index (χ4v) is 5.37. The smallest absolute Gasteiger partial charge is 0.279 e. The molecule has 3 rings (SSSR count). The predicted octanol–water partition coefficient (Wildman–Crippen LogP) is 0.724. The molecule has 2 N–H and O–H groups in total. The molecule has 138 valence electrons. The molecule has 2 heterocycles. The average Bonchev–Trinajstić information content (AvgIpc) is 3.10. The maximum atomic E-state index is 12.6. The SMILES string of the molecule is C[C@H]1CCC[NH+](CC(=O)Nc2cccc(S(=O)(=O)N3CCCC3)c2)C1. The van der Waals surface area contributed by atoms with E-state index >= 15 is 0 Å². The standard InChI is InChI=1S/C18H27N3O3S/c1-15-6-5-9-20(13-15)14-18(22)19-16-7-4-8-17(12-16)25(23,24)21-10-2-3-11-21/h4,7-8,12,15H,2-3,5-6,9-11,13-14H2,1H3,(H,19,22)/p+1/t15-/m0/s1. The molecule has 1 aromatic carbocycles. The molecular weight excluding hydrogens is 338 g/mol. The molecule has 0 radical (unpaired) electrons. The van der Waals surface area contributed by atoms with E-state index < -0.39 is 10.0 Å². The van der Waals surface area contributed by atoms with Crippen molar-refractivity contribution in [1.82, 2.24) is 4.31 Å². The third-order valence-corrected chi connectivity index (χ3v) is 6.99. The third-order valence-electron chi connectivity index (χ3n) is 5.10. The fourth-order valence-electron chi connectivity index (χ4n) is 3.80. The molecule has 2 aliphatic rings. The van der Waals surface area contributed by atoms with E-state index in [9.17, 15) is 13.2 Å². The number of nitrogens with zero attached hydrogens (tertiary/aromatic N) is 1. The molecule has 0 bridgehead atoms. The summed E-state index contributed by atoms with van der Waals surface area (Å²) in [6.45, 7) is 5.87. The number of piperidine rings is 1. The van der Waals surface area contributed by atoms with E-state index in [-0.39, 0.29) is 10.8 Å². The molecule has 2 atom stereocenters. The molecule has 6 nitrogen and oxygen atoms in total. The Bertz CT molecular complexity index is 714. The minimum Gasteiger partial charge on any atom is -0.327 e. The number of quaternary nitrogens is 1. The highest BCUT2D eigenvalue weighted by Crippen LogP contribution is 2.23. The summed E-state index contributed by atoms with van der Waals surface area (Å²) in [5.74, 6) is 0.602. The maximum absolute atomic E-state index is 12.6. The lowest BCUT2D eigenvalue weighted by molar-refractivity contribution is -0.900. The van der Waals surface area contributed by atoms with E-state index in [1.807, 2.05) is 0 Å². The monoisotopic (exact) mass is 366 g/mol. The normalized spacial score (nSPS) is 25.0. The molecule has 25 heavy (non-hydrogen) atoms. The lowest BCUT2D eigenvalue weighted by Crippen LogP contribution is -3.14. The van der Waals surface area contributed by atoms with Crippen LogP contribution in [-0.4, -0.2) is 51.4 Å². The highest BCUT2D eigenvalue weighted by atomic mass is 32.2. The van der Waals surface area contributed by atoms with Crippen molar-refractivity contribution in [3.05, 3.63) is 24.3 Å². The van der Waals surface area contributed by atoms with Gasteiger partial charge in [0.2, 0.25) is 10.0 Å². The second-order valence-electron chi connectivity index (χ2n) is 7.32. The first-order valence-electron chi connectivity index (χ1n) is 9.19. The van der Waals surface area contributed by atoms with Crippen LogP contribution in [-0.2, 0) is 14.8 Å². The molecule has 0 spiro atoms. The third kappa shape index (κ3) is 4.59. The molecule has 1 amide bonds. The molecule has 2 saturated heterocycles. The van der Waals surface area contributed by atoms with E-state index in [4.69, 9.17) is 0 Å². The predicted molar refractivity (Wildman–Crippen MR) is 97.0 cm³/mol. The molecular formula is C18H28N3O3S+. The minimum atomic E-state index is -3.45. The van der Waals surface area contributed by atoms with Crippen molar-refractivity contribution >= 4 is 21.6 Å². The first-order valence-corrected chi connectivity index (χ1v) is 10.6. The summed E-state index contributed by atoms with van der Waals surface area (Å²) < 4.78 is 26.8. The van der Waals surface area contributed by atoms with Crippen molar-refractivity contribution in [2.45, 2.75) is 37.5 Å². The Balaban J connectivity index is 1.64. The van der Waals surface area contributed by atoms with Gasteiger partial charge < -0.3 is 10.2 Å². The Kier molecular flexibility index (Phi) is 5.76. The van der Waals surface area contributed by atoms with Crippen LogP contribution in [0.5, 0.6) is 0 Å². The van der Waals surface area contributed by atoms with Crippen molar-refractivity contribution < 1.29 is 18.1 Å². The van der Waals surface area contributed by atoms with E-state index in [2.05, 4.69) is 12.2 Å². The van der Waals surface area contributed by atoms with Crippen LogP contribution in [0.25, 0.3) is 0 Å². The molecule has 7 heteroatoms. The van der Waals surface area contributed by atoms with Crippen molar-refractivity contribution in [1.29, 1.82) is 0 Å². The molecule has 1 aromatic rings. The summed E-state index contributed by atoms with van der Waals surface area (Å²) in [6.07, 6.45) is 4.22. The van der Waals surface area contributed by atoms with Crippen LogP contribution in [0.15, 0.2) is 29.2 Å². The summed E-state index contributed by atoms with van der Waals surface area (Å²) in [7, 11) is -3.45. The van der Waals surface area contributed by atoms with Gasteiger partial charge in [0.05, 0.1) is 18.0 Å². The second-order valence-corrected chi connectivity index (χ2v) is 9.25. The average molecular weight is 367 g/mol. The van der Waals surface area contributed by atoms with Gasteiger partial charge in [0.1, 0.15) is 0 Å². The van der Waals surface area contributed by atoms with E-state index in [1.54, 1.807) is 24.3 Å². The largest absolute Gasteiger partial charge is 0.327 e. The van der Waals surface area contributed by atoms with Gasteiger partial charge in [-0.05, 0) is 43.9 Å². The maximum Gasteiger partial charge on any atom is 0.279 e. The summed E-state index contributed by atoms with van der Waals surface area (Å²) in [5.41, 5.74) is 0.551. The molecule has 2 fully saturated rings. The highest BCUT2D eigenvalue weighted by molar-refractivity contribution is 7.89. The van der Waals surface area contributed by atoms with Gasteiger partial charge in [0.25, 0.3) is 5.91 Å². The molecule has 0 saturated carbocycles. The zero-order chi connectivity index (χ0) is 17.9. The quantitative estimate of drug-likeness (QED) is 0.807. The van der Waals surface area contributed by atoms with Gasteiger partial charge in [-0.3, -0.25) is 4.79 Å². The van der Waals surface area contributed by atoms with Crippen molar-refractivity contribution in [2.75, 3.05) is 38.0 Å². The number of benzene rings is 1. The van der Waals surface area contributed by atoms with Crippen molar-refractivity contribution in [2.24, 2.45) is 5.92 Å². The summed E-state index contributed by atoms with van der Waals surface area (Å²) in [4.78, 5) is 13.9. The summed E-state index contributed by atoms with van der Waals surface area (Å²) in [5, 5.41) is 2.86. The summed E-state index contributed by atoms with van der Waals surface area (Å²) in [6, 6.07) is 6.60. The Morgan fingerprint density at radius 2 is 2.04 bits per heavy atom. The Hall–Kier alpha value is -1.44. The molecule has 0 aliphatic carbocycles. The number of sulfonamides is 1. The number of amides is 1. The summed E-state index contributed by atoms with van der Waals surface area (Å²) >= 11 is 0. The number of carbonyl (C=O) groups is 1. The van der Waals surface area contributed by atoms with Crippen LogP contribution in [0.4, 0.5) is 5.69 Å². The number of carbonyl (C=O) groups excluding carboxylic acids is 1. The van der Waals surface area contributed by atoms with Crippen LogP contribution >= 0.6 is 0 Å². The molecule has 0 aromatic heterocycles. The van der Waals surface area contributed by atoms with Gasteiger partial charge in [0, 0.05) is 24.7 Å². The Morgan fingerprint density at radius 1 is 1.28 bits per heavy atom. The van der Waals surface area contributed by atoms with Gasteiger partial charge in [0.15, 0.2) is 6.54 Å². The van der Waals surface area contributed by atoms with Crippen LogP contribution in [0.3, 0.4) is 0 Å². The number of rotatable bonds is 5. The van der Waals surface area contributed by atoms with Gasteiger partial charge in [-0.25, -0.2) is 8.42 Å². The van der Waals surface area contributed by atoms with E-state index in [0.717, 1.165) is 32.4 Å². The topological polar surface area (TPSA) is 70.9 Å². The van der Waals surface area contributed by atoms with E-state index in [1.165, 1.54) is 15.6 Å². The van der Waals surface area contributed by atoms with Crippen LogP contribution in [0.1, 0.15) is 32.6 Å². The molecule has 1 unspecified atom stereocenters. The lowest BCUT2D eigenvalue weighted by Gasteiger charge is -2.27. The first kappa shape index (κ1) is 18.4. The van der Waals surface area contributed by atoms with Crippen LogP contribution < -0.4 is 10.2 Å². The second kappa shape index (κ2) is 7.85. The number of hydrogen-bond acceptors (Lipinski definition) is 3. The van der Waals surface area contributed by atoms with Gasteiger partial charge in [-0.15, -0.1) is 0 Å². The number of anilines is 1. The minimum absolute atomic E-state index is 0.0557. The van der Waals surface area contributed by atoms with Gasteiger partial charge in [-0.1, -0.05) is 13.0 Å². The zero-order valence-corrected chi connectivity index (χ0v) is 15.6. The van der Waals surface area contributed by atoms with Crippen molar-refractivity contribution in [3.63, 3.8) is 0 Å². The van der Waals surface area contributed by atoms with Crippen LogP contribution in [0, 0.1) is 5.92 Å². The first-order chi connectivity index (χ1) is 11.9. The highest BCUT2D eigenvalue weighted by Gasteiger charge is 2.27. The van der Waals surface area contributed by atoms with Crippen molar-refractivity contribution in [3.8, 4) is 0 Å². The van der Waals surface area contributed by atoms with Gasteiger partial charge >= 0.3 is 0 Å². The van der Waals surface area contributed by atoms with E-state index in [0.29, 0.717) is 31.2 Å². The van der Waals surface area contributed by atoms with Crippen LogP contribution in [0.2, 0.25) is 0 Å². The Labute approximate surface area is 150 Å². The Morgan fingerprint density at radius 3 is 2.76 bits per heavy atom.